The average Bonchev–Trinajstić information content (AvgIpc) is 2.61. The van der Waals surface area contributed by atoms with Crippen LogP contribution in [-0.2, 0) is 16.0 Å². The number of rotatable bonds is 3. The molecule has 122 valence electrons. The fourth-order valence-corrected chi connectivity index (χ4v) is 4.17. The van der Waals surface area contributed by atoms with Gasteiger partial charge in [0.15, 0.2) is 0 Å². The number of benzene rings is 2. The Balaban J connectivity index is 2.14. The normalized spacial score (nSPS) is 23.4. The zero-order chi connectivity index (χ0) is 16.6. The molecule has 2 aromatic rings. The minimum absolute atomic E-state index is 0.0759. The Hall–Kier alpha value is -2.03. The number of hydrogen-bond acceptors (Lipinski definition) is 3. The van der Waals surface area contributed by atoms with Crippen molar-refractivity contribution < 1.29 is 14.3 Å². The maximum Gasteiger partial charge on any atom is 0.312 e. The Bertz CT molecular complexity index is 750. The third kappa shape index (κ3) is 2.30. The van der Waals surface area contributed by atoms with Crippen LogP contribution in [0.1, 0.15) is 43.7 Å². The van der Waals surface area contributed by atoms with Crippen LogP contribution in [0.2, 0.25) is 0 Å². The Morgan fingerprint density at radius 3 is 2.70 bits per heavy atom. The maximum absolute atomic E-state index is 12.4. The summed E-state index contributed by atoms with van der Waals surface area (Å²) in [6.07, 6.45) is 2.56. The van der Waals surface area contributed by atoms with Crippen molar-refractivity contribution in [3.05, 3.63) is 41.5 Å². The van der Waals surface area contributed by atoms with Crippen molar-refractivity contribution in [2.24, 2.45) is 5.41 Å². The highest BCUT2D eigenvalue weighted by molar-refractivity contribution is 5.89. The van der Waals surface area contributed by atoms with Gasteiger partial charge in [-0.25, -0.2) is 0 Å². The van der Waals surface area contributed by atoms with Crippen LogP contribution in [-0.4, -0.2) is 20.2 Å². The molecule has 0 saturated carbocycles. The topological polar surface area (TPSA) is 35.5 Å². The van der Waals surface area contributed by atoms with Crippen LogP contribution < -0.4 is 4.74 Å². The molecule has 0 spiro atoms. The second kappa shape index (κ2) is 5.88. The zero-order valence-corrected chi connectivity index (χ0v) is 14.3. The van der Waals surface area contributed by atoms with E-state index in [4.69, 9.17) is 9.47 Å². The average molecular weight is 312 g/mol. The first-order valence-electron chi connectivity index (χ1n) is 8.25. The predicted octanol–water partition coefficient (Wildman–Crippen LogP) is 4.47. The summed E-state index contributed by atoms with van der Waals surface area (Å²) in [7, 11) is 3.18. The molecule has 1 aliphatic carbocycles. The molecule has 0 N–H and O–H groups in total. The van der Waals surface area contributed by atoms with Gasteiger partial charge in [-0.05, 0) is 59.2 Å². The summed E-state index contributed by atoms with van der Waals surface area (Å²) in [6.45, 7) is 4.25. The van der Waals surface area contributed by atoms with Gasteiger partial charge in [0, 0.05) is 0 Å². The van der Waals surface area contributed by atoms with Crippen LogP contribution in [0.15, 0.2) is 30.3 Å². The van der Waals surface area contributed by atoms with E-state index in [-0.39, 0.29) is 11.9 Å². The first-order valence-corrected chi connectivity index (χ1v) is 8.25. The zero-order valence-electron chi connectivity index (χ0n) is 14.3. The molecule has 0 heterocycles. The lowest BCUT2D eigenvalue weighted by Crippen LogP contribution is -2.40. The summed E-state index contributed by atoms with van der Waals surface area (Å²) in [4.78, 5) is 12.4. The molecule has 3 rings (SSSR count). The van der Waals surface area contributed by atoms with Gasteiger partial charge >= 0.3 is 5.97 Å². The fourth-order valence-electron chi connectivity index (χ4n) is 4.17. The second-order valence-corrected chi connectivity index (χ2v) is 6.44. The number of aryl methyl sites for hydroxylation is 1. The molecule has 0 bridgehead atoms. The Morgan fingerprint density at radius 1 is 1.26 bits per heavy atom. The minimum atomic E-state index is -0.401. The lowest BCUT2D eigenvalue weighted by Gasteiger charge is -2.41. The van der Waals surface area contributed by atoms with Crippen molar-refractivity contribution >= 4 is 16.7 Å². The SMILES string of the molecule is CCC1(C(=O)OC)CCc2c(ccc3cc(OC)ccc23)C1C. The van der Waals surface area contributed by atoms with E-state index >= 15 is 0 Å². The van der Waals surface area contributed by atoms with Crippen molar-refractivity contribution in [2.45, 2.75) is 39.0 Å². The molecule has 2 atom stereocenters. The molecule has 0 saturated heterocycles. The minimum Gasteiger partial charge on any atom is -0.497 e. The Kier molecular flexibility index (Phi) is 4.05. The van der Waals surface area contributed by atoms with Gasteiger partial charge in [-0.3, -0.25) is 4.79 Å². The van der Waals surface area contributed by atoms with Crippen molar-refractivity contribution in [1.29, 1.82) is 0 Å². The first kappa shape index (κ1) is 15.9. The molecule has 0 fully saturated rings. The molecule has 23 heavy (non-hydrogen) atoms. The number of hydrogen-bond donors (Lipinski definition) is 0. The molecule has 0 amide bonds. The van der Waals surface area contributed by atoms with Gasteiger partial charge < -0.3 is 9.47 Å². The number of esters is 1. The third-order valence-electron chi connectivity index (χ3n) is 5.71. The van der Waals surface area contributed by atoms with E-state index in [9.17, 15) is 4.79 Å². The molecule has 0 aromatic heterocycles. The van der Waals surface area contributed by atoms with E-state index in [1.807, 2.05) is 6.07 Å². The predicted molar refractivity (Wildman–Crippen MR) is 92.0 cm³/mol. The first-order chi connectivity index (χ1) is 11.1. The molecule has 0 aliphatic heterocycles. The number of fused-ring (bicyclic) bond motifs is 3. The summed E-state index contributed by atoms with van der Waals surface area (Å²) in [6, 6.07) is 10.5. The molecule has 3 heteroatoms. The smallest absolute Gasteiger partial charge is 0.312 e. The van der Waals surface area contributed by atoms with Crippen LogP contribution in [0.4, 0.5) is 0 Å². The van der Waals surface area contributed by atoms with Crippen LogP contribution in [0, 0.1) is 5.41 Å². The Morgan fingerprint density at radius 2 is 2.04 bits per heavy atom. The van der Waals surface area contributed by atoms with Gasteiger partial charge in [0.05, 0.1) is 19.6 Å². The highest BCUT2D eigenvalue weighted by Gasteiger charge is 2.46. The van der Waals surface area contributed by atoms with Gasteiger partial charge in [-0.2, -0.15) is 0 Å². The maximum atomic E-state index is 12.4. The number of carbonyl (C=O) groups excluding carboxylic acids is 1. The van der Waals surface area contributed by atoms with Gasteiger partial charge in [0.25, 0.3) is 0 Å². The number of methoxy groups -OCH3 is 2. The molecule has 2 unspecified atom stereocenters. The van der Waals surface area contributed by atoms with Gasteiger partial charge in [0.1, 0.15) is 5.75 Å². The van der Waals surface area contributed by atoms with Crippen LogP contribution in [0.5, 0.6) is 5.75 Å². The fraction of sp³-hybridized carbons (Fsp3) is 0.450. The molecule has 2 aromatic carbocycles. The van der Waals surface area contributed by atoms with Crippen molar-refractivity contribution in [3.8, 4) is 5.75 Å². The van der Waals surface area contributed by atoms with E-state index in [1.54, 1.807) is 7.11 Å². The van der Waals surface area contributed by atoms with E-state index < -0.39 is 5.41 Å². The largest absolute Gasteiger partial charge is 0.497 e. The number of carbonyl (C=O) groups is 1. The Labute approximate surface area is 137 Å². The molecular formula is C20H24O3. The summed E-state index contributed by atoms with van der Waals surface area (Å²) in [5, 5.41) is 2.46. The molecular weight excluding hydrogens is 288 g/mol. The standard InChI is InChI=1S/C20H24O3/c1-5-20(19(21)23-4)11-10-18-16(13(20)2)8-6-14-12-15(22-3)7-9-17(14)18/h6-9,12-13H,5,10-11H2,1-4H3. The van der Waals surface area contributed by atoms with Crippen LogP contribution in [0.25, 0.3) is 10.8 Å². The van der Waals surface area contributed by atoms with Crippen LogP contribution in [0.3, 0.4) is 0 Å². The van der Waals surface area contributed by atoms with Gasteiger partial charge in [0.2, 0.25) is 0 Å². The van der Waals surface area contributed by atoms with Crippen molar-refractivity contribution in [3.63, 3.8) is 0 Å². The monoisotopic (exact) mass is 312 g/mol. The lowest BCUT2D eigenvalue weighted by molar-refractivity contribution is -0.155. The second-order valence-electron chi connectivity index (χ2n) is 6.44. The summed E-state index contributed by atoms with van der Waals surface area (Å²) < 4.78 is 10.5. The lowest BCUT2D eigenvalue weighted by atomic mass is 9.62. The van der Waals surface area contributed by atoms with Gasteiger partial charge in [-0.15, -0.1) is 0 Å². The summed E-state index contributed by atoms with van der Waals surface area (Å²) in [5.74, 6) is 0.960. The molecule has 3 nitrogen and oxygen atoms in total. The highest BCUT2D eigenvalue weighted by atomic mass is 16.5. The molecule has 1 aliphatic rings. The number of ether oxygens (including phenoxy) is 2. The van der Waals surface area contributed by atoms with Crippen molar-refractivity contribution in [1.82, 2.24) is 0 Å². The summed E-state index contributed by atoms with van der Waals surface area (Å²) in [5.41, 5.74) is 2.24. The third-order valence-corrected chi connectivity index (χ3v) is 5.71. The van der Waals surface area contributed by atoms with E-state index in [1.165, 1.54) is 29.0 Å². The summed E-state index contributed by atoms with van der Waals surface area (Å²) >= 11 is 0. The highest BCUT2D eigenvalue weighted by Crippen LogP contribution is 2.50. The van der Waals surface area contributed by atoms with E-state index in [0.717, 1.165) is 25.0 Å². The quantitative estimate of drug-likeness (QED) is 0.785. The van der Waals surface area contributed by atoms with E-state index in [2.05, 4.69) is 38.1 Å². The van der Waals surface area contributed by atoms with Crippen molar-refractivity contribution in [2.75, 3.05) is 14.2 Å². The molecule has 0 radical (unpaired) electrons. The van der Waals surface area contributed by atoms with Gasteiger partial charge in [-0.1, -0.05) is 32.0 Å². The van der Waals surface area contributed by atoms with Crippen LogP contribution >= 0.6 is 0 Å². The van der Waals surface area contributed by atoms with E-state index in [0.29, 0.717) is 0 Å².